The Balaban J connectivity index is 2.61. The zero-order valence-corrected chi connectivity index (χ0v) is 8.98. The molecule has 0 atom stereocenters. The fraction of sp³-hybridized carbons (Fsp3) is 0.700. The second kappa shape index (κ2) is 5.48. The van der Waals surface area contributed by atoms with E-state index in [0.717, 1.165) is 12.8 Å². The Morgan fingerprint density at radius 1 is 1.47 bits per heavy atom. The lowest BCUT2D eigenvalue weighted by Gasteiger charge is -2.16. The molecule has 1 rings (SSSR count). The fourth-order valence-corrected chi connectivity index (χ4v) is 1.70. The maximum Gasteiger partial charge on any atom is 0.305 e. The highest BCUT2D eigenvalue weighted by Gasteiger charge is 2.14. The Labute approximate surface area is 89.2 Å². The van der Waals surface area contributed by atoms with Gasteiger partial charge in [-0.15, -0.1) is 0 Å². The maximum absolute atomic E-state index is 10.6. The van der Waals surface area contributed by atoms with Crippen molar-refractivity contribution in [3.63, 3.8) is 0 Å². The summed E-state index contributed by atoms with van der Waals surface area (Å²) < 4.78 is 0. The zero-order chi connectivity index (χ0) is 11.3. The van der Waals surface area contributed by atoms with Crippen molar-refractivity contribution in [1.82, 2.24) is 0 Å². The summed E-state index contributed by atoms with van der Waals surface area (Å²) in [5.41, 5.74) is 5.53. The number of rotatable bonds is 3. The van der Waals surface area contributed by atoms with Crippen molar-refractivity contribution in [2.24, 2.45) is 10.7 Å². The van der Waals surface area contributed by atoms with Gasteiger partial charge in [-0.1, -0.05) is 19.3 Å². The summed E-state index contributed by atoms with van der Waals surface area (Å²) in [5.74, 6) is 0. The quantitative estimate of drug-likeness (QED) is 0.439. The highest BCUT2D eigenvalue weighted by atomic mass is 16.6. The first-order chi connectivity index (χ1) is 7.11. The molecule has 0 bridgehead atoms. The van der Waals surface area contributed by atoms with E-state index in [0.29, 0.717) is 0 Å². The topological polar surface area (TPSA) is 81.5 Å². The van der Waals surface area contributed by atoms with Crippen LogP contribution in [0.1, 0.15) is 39.0 Å². The first kappa shape index (κ1) is 11.7. The molecule has 1 aliphatic rings. The summed E-state index contributed by atoms with van der Waals surface area (Å²) in [4.78, 5) is 14.3. The van der Waals surface area contributed by atoms with E-state index in [1.165, 1.54) is 32.4 Å². The van der Waals surface area contributed by atoms with E-state index in [1.54, 1.807) is 0 Å². The Kier molecular flexibility index (Phi) is 4.27. The van der Waals surface area contributed by atoms with E-state index in [-0.39, 0.29) is 17.4 Å². The number of aliphatic imine (C=N–C) groups is 1. The van der Waals surface area contributed by atoms with Crippen molar-refractivity contribution in [3.05, 3.63) is 21.5 Å². The van der Waals surface area contributed by atoms with Crippen LogP contribution in [0.25, 0.3) is 0 Å². The van der Waals surface area contributed by atoms with Gasteiger partial charge in [0.15, 0.2) is 0 Å². The normalized spacial score (nSPS) is 20.3. The first-order valence-corrected chi connectivity index (χ1v) is 5.25. The van der Waals surface area contributed by atoms with Gasteiger partial charge in [-0.2, -0.15) is 0 Å². The van der Waals surface area contributed by atoms with Gasteiger partial charge in [-0.3, -0.25) is 15.1 Å². The van der Waals surface area contributed by atoms with Crippen LogP contribution in [0.2, 0.25) is 0 Å². The SMILES string of the molecule is CC(N)=C(C=NC1CCCCC1)[N+](=O)[O-]. The van der Waals surface area contributed by atoms with E-state index in [1.807, 2.05) is 0 Å². The minimum Gasteiger partial charge on any atom is -0.397 e. The molecule has 84 valence electrons. The van der Waals surface area contributed by atoms with Crippen molar-refractivity contribution >= 4 is 6.21 Å². The van der Waals surface area contributed by atoms with Gasteiger partial charge in [0, 0.05) is 0 Å². The van der Waals surface area contributed by atoms with Gasteiger partial charge in [-0.25, -0.2) is 0 Å². The van der Waals surface area contributed by atoms with Gasteiger partial charge in [0.25, 0.3) is 0 Å². The number of hydrogen-bond acceptors (Lipinski definition) is 4. The van der Waals surface area contributed by atoms with Crippen molar-refractivity contribution in [3.8, 4) is 0 Å². The molecule has 5 nitrogen and oxygen atoms in total. The predicted molar refractivity (Wildman–Crippen MR) is 59.2 cm³/mol. The van der Waals surface area contributed by atoms with Crippen molar-refractivity contribution in [2.75, 3.05) is 0 Å². The van der Waals surface area contributed by atoms with Gasteiger partial charge in [0.2, 0.25) is 0 Å². The van der Waals surface area contributed by atoms with Crippen LogP contribution < -0.4 is 5.73 Å². The van der Waals surface area contributed by atoms with Crippen molar-refractivity contribution in [1.29, 1.82) is 0 Å². The average Bonchev–Trinajstić information content (AvgIpc) is 2.18. The Bertz CT molecular complexity index is 287. The standard InChI is InChI=1S/C10H17N3O2/c1-8(11)10(13(14)15)7-12-9-5-3-2-4-6-9/h7,9H,2-6,11H2,1H3. The molecule has 1 aliphatic carbocycles. The van der Waals surface area contributed by atoms with Crippen LogP contribution in [-0.4, -0.2) is 17.2 Å². The second-order valence-electron chi connectivity index (χ2n) is 3.90. The zero-order valence-electron chi connectivity index (χ0n) is 8.98. The van der Waals surface area contributed by atoms with Gasteiger partial charge < -0.3 is 5.73 Å². The minimum atomic E-state index is -0.484. The third kappa shape index (κ3) is 3.69. The molecule has 0 aliphatic heterocycles. The molecular weight excluding hydrogens is 194 g/mol. The molecule has 0 spiro atoms. The van der Waals surface area contributed by atoms with Gasteiger partial charge >= 0.3 is 5.70 Å². The monoisotopic (exact) mass is 211 g/mol. The van der Waals surface area contributed by atoms with Crippen LogP contribution in [0, 0.1) is 10.1 Å². The van der Waals surface area contributed by atoms with Crippen molar-refractivity contribution < 1.29 is 4.92 Å². The molecule has 5 heteroatoms. The number of hydrogen-bond donors (Lipinski definition) is 1. The smallest absolute Gasteiger partial charge is 0.305 e. The van der Waals surface area contributed by atoms with Crippen LogP contribution in [0.5, 0.6) is 0 Å². The van der Waals surface area contributed by atoms with Crippen molar-refractivity contribution in [2.45, 2.75) is 45.1 Å². The summed E-state index contributed by atoms with van der Waals surface area (Å²) >= 11 is 0. The lowest BCUT2D eigenvalue weighted by Crippen LogP contribution is -2.13. The molecule has 1 saturated carbocycles. The second-order valence-corrected chi connectivity index (χ2v) is 3.90. The summed E-state index contributed by atoms with van der Waals surface area (Å²) in [6, 6.07) is 0.244. The molecule has 1 fully saturated rings. The Morgan fingerprint density at radius 2 is 2.07 bits per heavy atom. The lowest BCUT2D eigenvalue weighted by molar-refractivity contribution is -0.415. The highest BCUT2D eigenvalue weighted by Crippen LogP contribution is 2.20. The molecule has 2 N–H and O–H groups in total. The molecule has 0 amide bonds. The third-order valence-electron chi connectivity index (χ3n) is 2.58. The number of nitrogens with two attached hydrogens (primary N) is 1. The summed E-state index contributed by atoms with van der Waals surface area (Å²) in [6.07, 6.45) is 6.96. The maximum atomic E-state index is 10.6. The summed E-state index contributed by atoms with van der Waals surface area (Å²) in [6.45, 7) is 1.52. The molecule has 0 unspecified atom stereocenters. The molecule has 15 heavy (non-hydrogen) atoms. The largest absolute Gasteiger partial charge is 0.397 e. The number of nitro groups is 1. The van der Waals surface area contributed by atoms with E-state index in [4.69, 9.17) is 5.73 Å². The lowest BCUT2D eigenvalue weighted by atomic mass is 9.96. The Morgan fingerprint density at radius 3 is 2.53 bits per heavy atom. The third-order valence-corrected chi connectivity index (χ3v) is 2.58. The predicted octanol–water partition coefficient (Wildman–Crippen LogP) is 1.86. The molecular formula is C10H17N3O2. The van der Waals surface area contributed by atoms with Gasteiger partial charge in [0.1, 0.15) is 6.21 Å². The van der Waals surface area contributed by atoms with Crippen LogP contribution in [0.4, 0.5) is 0 Å². The molecule has 0 aromatic heterocycles. The first-order valence-electron chi connectivity index (χ1n) is 5.25. The molecule has 0 aromatic carbocycles. The molecule has 0 heterocycles. The molecule has 0 aromatic rings. The van der Waals surface area contributed by atoms with Crippen LogP contribution >= 0.6 is 0 Å². The molecule has 0 saturated heterocycles. The number of nitrogens with zero attached hydrogens (tertiary/aromatic N) is 2. The number of allylic oxidation sites excluding steroid dienone is 2. The van der Waals surface area contributed by atoms with Crippen LogP contribution in [-0.2, 0) is 0 Å². The Hall–Kier alpha value is -1.39. The van der Waals surface area contributed by atoms with Gasteiger partial charge in [-0.05, 0) is 19.8 Å². The summed E-state index contributed by atoms with van der Waals surface area (Å²) in [7, 11) is 0. The van der Waals surface area contributed by atoms with Gasteiger partial charge in [0.05, 0.1) is 16.7 Å². The van der Waals surface area contributed by atoms with E-state index in [2.05, 4.69) is 4.99 Å². The highest BCUT2D eigenvalue weighted by molar-refractivity contribution is 5.76. The summed E-state index contributed by atoms with van der Waals surface area (Å²) in [5, 5.41) is 10.6. The van der Waals surface area contributed by atoms with Crippen LogP contribution in [0.15, 0.2) is 16.4 Å². The fourth-order valence-electron chi connectivity index (χ4n) is 1.70. The average molecular weight is 211 g/mol. The van der Waals surface area contributed by atoms with E-state index >= 15 is 0 Å². The minimum absolute atomic E-state index is 0.0828. The molecule has 0 radical (unpaired) electrons. The van der Waals surface area contributed by atoms with E-state index < -0.39 is 4.92 Å². The van der Waals surface area contributed by atoms with E-state index in [9.17, 15) is 10.1 Å². The van der Waals surface area contributed by atoms with Crippen LogP contribution in [0.3, 0.4) is 0 Å².